The Bertz CT molecular complexity index is 319. The van der Waals surface area contributed by atoms with E-state index in [0.29, 0.717) is 0 Å². The van der Waals surface area contributed by atoms with E-state index in [1.165, 1.54) is 11.3 Å². The molecular formula is C9H14BrN3. The largest absolute Gasteiger partial charge is 0.302 e. The van der Waals surface area contributed by atoms with Gasteiger partial charge in [0.25, 0.3) is 0 Å². The smallest absolute Gasteiger partial charge is 0.132 e. The van der Waals surface area contributed by atoms with Crippen molar-refractivity contribution in [3.63, 3.8) is 0 Å². The summed E-state index contributed by atoms with van der Waals surface area (Å²) in [7, 11) is 2.15. The fraction of sp³-hybridized carbons (Fsp3) is 0.667. The summed E-state index contributed by atoms with van der Waals surface area (Å²) in [4.78, 5) is 2.33. The zero-order valence-corrected chi connectivity index (χ0v) is 9.63. The van der Waals surface area contributed by atoms with Gasteiger partial charge in [-0.15, -0.1) is 0 Å². The third-order valence-corrected chi connectivity index (χ3v) is 3.21. The maximum absolute atomic E-state index is 4.45. The zero-order chi connectivity index (χ0) is 9.42. The van der Waals surface area contributed by atoms with Gasteiger partial charge in [-0.1, -0.05) is 0 Å². The van der Waals surface area contributed by atoms with E-state index in [1.54, 1.807) is 0 Å². The van der Waals surface area contributed by atoms with E-state index in [1.807, 2.05) is 0 Å². The normalized spacial score (nSPS) is 17.5. The second-order valence-electron chi connectivity index (χ2n) is 3.52. The van der Waals surface area contributed by atoms with Crippen LogP contribution in [0, 0.1) is 0 Å². The Kier molecular flexibility index (Phi) is 2.43. The molecule has 1 aliphatic rings. The summed E-state index contributed by atoms with van der Waals surface area (Å²) in [5, 5.41) is 4.45. The highest BCUT2D eigenvalue weighted by molar-refractivity contribution is 9.10. The second-order valence-corrected chi connectivity index (χ2v) is 4.27. The summed E-state index contributed by atoms with van der Waals surface area (Å²) < 4.78 is 3.13. The first kappa shape index (κ1) is 9.21. The first-order valence-corrected chi connectivity index (χ1v) is 5.44. The minimum Gasteiger partial charge on any atom is -0.302 e. The average molecular weight is 244 g/mol. The Morgan fingerprint density at radius 2 is 2.31 bits per heavy atom. The highest BCUT2D eigenvalue weighted by Crippen LogP contribution is 2.25. The van der Waals surface area contributed by atoms with Gasteiger partial charge in [0.15, 0.2) is 0 Å². The summed E-state index contributed by atoms with van der Waals surface area (Å²) >= 11 is 3.51. The lowest BCUT2D eigenvalue weighted by atomic mass is 10.1. The third kappa shape index (κ3) is 1.53. The molecule has 0 unspecified atom stereocenters. The fourth-order valence-electron chi connectivity index (χ4n) is 1.85. The van der Waals surface area contributed by atoms with Crippen molar-refractivity contribution in [1.82, 2.24) is 14.7 Å². The Morgan fingerprint density at radius 1 is 1.54 bits per heavy atom. The molecule has 0 N–H and O–H groups in total. The molecule has 0 radical (unpaired) electrons. The molecule has 0 aromatic carbocycles. The number of rotatable bonds is 1. The molecule has 0 fully saturated rings. The van der Waals surface area contributed by atoms with Crippen LogP contribution >= 0.6 is 15.9 Å². The van der Waals surface area contributed by atoms with Gasteiger partial charge < -0.3 is 4.90 Å². The molecular weight excluding hydrogens is 230 g/mol. The summed E-state index contributed by atoms with van der Waals surface area (Å²) in [6.07, 6.45) is 1.12. The minimum atomic E-state index is 0.970. The molecule has 13 heavy (non-hydrogen) atoms. The van der Waals surface area contributed by atoms with Gasteiger partial charge >= 0.3 is 0 Å². The van der Waals surface area contributed by atoms with Gasteiger partial charge in [0.1, 0.15) is 4.60 Å². The first-order valence-electron chi connectivity index (χ1n) is 4.65. The maximum atomic E-state index is 4.45. The van der Waals surface area contributed by atoms with Gasteiger partial charge in [-0.2, -0.15) is 5.10 Å². The molecule has 0 atom stereocenters. The van der Waals surface area contributed by atoms with Crippen LogP contribution in [0.5, 0.6) is 0 Å². The fourth-order valence-corrected chi connectivity index (χ4v) is 2.39. The van der Waals surface area contributed by atoms with E-state index in [9.17, 15) is 0 Å². The molecule has 0 saturated heterocycles. The van der Waals surface area contributed by atoms with E-state index in [2.05, 4.69) is 44.6 Å². The van der Waals surface area contributed by atoms with Gasteiger partial charge in [0.2, 0.25) is 0 Å². The lowest BCUT2D eigenvalue weighted by Gasteiger charge is -2.22. The Labute approximate surface area is 86.8 Å². The Balaban J connectivity index is 2.42. The Hall–Kier alpha value is -0.350. The first-order chi connectivity index (χ1) is 6.22. The van der Waals surface area contributed by atoms with Crippen LogP contribution in [-0.4, -0.2) is 28.3 Å². The van der Waals surface area contributed by atoms with Crippen LogP contribution in [0.25, 0.3) is 0 Å². The third-order valence-electron chi connectivity index (χ3n) is 2.58. The molecule has 0 aliphatic carbocycles. The van der Waals surface area contributed by atoms with Crippen LogP contribution in [0.15, 0.2) is 4.60 Å². The quantitative estimate of drug-likeness (QED) is 0.749. The summed E-state index contributed by atoms with van der Waals surface area (Å²) in [5.74, 6) is 0. The van der Waals surface area contributed by atoms with Crippen molar-refractivity contribution in [2.45, 2.75) is 26.4 Å². The molecule has 1 aliphatic heterocycles. The van der Waals surface area contributed by atoms with Crippen molar-refractivity contribution in [1.29, 1.82) is 0 Å². The molecule has 3 nitrogen and oxygen atoms in total. The van der Waals surface area contributed by atoms with Crippen molar-refractivity contribution in [3.05, 3.63) is 15.9 Å². The maximum Gasteiger partial charge on any atom is 0.132 e. The molecule has 4 heteroatoms. The van der Waals surface area contributed by atoms with Crippen molar-refractivity contribution >= 4 is 15.9 Å². The van der Waals surface area contributed by atoms with Gasteiger partial charge in [-0.25, -0.2) is 0 Å². The predicted octanol–water partition coefficient (Wildman–Crippen LogP) is 1.65. The minimum absolute atomic E-state index is 0.970. The van der Waals surface area contributed by atoms with E-state index in [0.717, 1.165) is 30.7 Å². The van der Waals surface area contributed by atoms with Crippen LogP contribution in [0.2, 0.25) is 0 Å². The molecule has 0 saturated carbocycles. The summed E-state index contributed by atoms with van der Waals surface area (Å²) in [6, 6.07) is 0. The van der Waals surface area contributed by atoms with Crippen molar-refractivity contribution in [3.8, 4) is 0 Å². The highest BCUT2D eigenvalue weighted by Gasteiger charge is 2.20. The number of fused-ring (bicyclic) bond motifs is 1. The van der Waals surface area contributed by atoms with Gasteiger partial charge in [0, 0.05) is 37.3 Å². The number of aromatic nitrogens is 2. The zero-order valence-electron chi connectivity index (χ0n) is 8.05. The number of hydrogen-bond donors (Lipinski definition) is 0. The number of nitrogens with zero attached hydrogens (tertiary/aromatic N) is 3. The molecule has 0 spiro atoms. The van der Waals surface area contributed by atoms with Crippen LogP contribution in [0.4, 0.5) is 0 Å². The number of hydrogen-bond acceptors (Lipinski definition) is 2. The summed E-state index contributed by atoms with van der Waals surface area (Å²) in [5.41, 5.74) is 2.78. The molecule has 0 amide bonds. The van der Waals surface area contributed by atoms with Crippen LogP contribution < -0.4 is 0 Å². The number of halogens is 1. The van der Waals surface area contributed by atoms with E-state index in [-0.39, 0.29) is 0 Å². The van der Waals surface area contributed by atoms with Gasteiger partial charge in [-0.3, -0.25) is 4.68 Å². The average Bonchev–Trinajstić information content (AvgIpc) is 2.43. The number of aryl methyl sites for hydroxylation is 1. The monoisotopic (exact) mass is 243 g/mol. The second kappa shape index (κ2) is 3.42. The van der Waals surface area contributed by atoms with Crippen molar-refractivity contribution in [2.75, 3.05) is 13.6 Å². The molecule has 2 heterocycles. The van der Waals surface area contributed by atoms with Crippen LogP contribution in [-0.2, 0) is 19.5 Å². The Morgan fingerprint density at radius 3 is 3.00 bits per heavy atom. The van der Waals surface area contributed by atoms with Crippen molar-refractivity contribution in [2.24, 2.45) is 0 Å². The van der Waals surface area contributed by atoms with E-state index in [4.69, 9.17) is 0 Å². The molecule has 1 aromatic rings. The lowest BCUT2D eigenvalue weighted by molar-refractivity contribution is 0.307. The molecule has 2 rings (SSSR count). The lowest BCUT2D eigenvalue weighted by Crippen LogP contribution is -2.27. The SMILES string of the molecule is CCn1nc(Br)c2c1CCN(C)C2. The topological polar surface area (TPSA) is 21.1 Å². The highest BCUT2D eigenvalue weighted by atomic mass is 79.9. The van der Waals surface area contributed by atoms with Gasteiger partial charge in [0.05, 0.1) is 0 Å². The van der Waals surface area contributed by atoms with Crippen LogP contribution in [0.3, 0.4) is 0 Å². The van der Waals surface area contributed by atoms with E-state index < -0.39 is 0 Å². The predicted molar refractivity (Wildman–Crippen MR) is 55.6 cm³/mol. The standard InChI is InChI=1S/C9H14BrN3/c1-3-13-8-4-5-12(2)6-7(8)9(10)11-13/h3-6H2,1-2H3. The summed E-state index contributed by atoms with van der Waals surface area (Å²) in [6.45, 7) is 5.27. The number of likely N-dealkylation sites (N-methyl/N-ethyl adjacent to an activating group) is 1. The van der Waals surface area contributed by atoms with Crippen LogP contribution in [0.1, 0.15) is 18.2 Å². The van der Waals surface area contributed by atoms with Gasteiger partial charge in [-0.05, 0) is 29.9 Å². The molecule has 72 valence electrons. The molecule has 1 aromatic heterocycles. The van der Waals surface area contributed by atoms with Crippen molar-refractivity contribution < 1.29 is 0 Å². The molecule has 0 bridgehead atoms. The van der Waals surface area contributed by atoms with E-state index >= 15 is 0 Å².